The highest BCUT2D eigenvalue weighted by Gasteiger charge is 2.47. The molecule has 0 aromatic rings. The molecule has 0 saturated heterocycles. The Morgan fingerprint density at radius 1 is 1.12 bits per heavy atom. The second-order valence-electron chi connectivity index (χ2n) is 4.89. The van der Waals surface area contributed by atoms with Gasteiger partial charge in [-0.25, -0.2) is 0 Å². The lowest BCUT2D eigenvalue weighted by Crippen LogP contribution is -2.49. The van der Waals surface area contributed by atoms with Gasteiger partial charge in [-0.2, -0.15) is 0 Å². The zero-order valence-corrected chi connectivity index (χ0v) is 12.5. The first kappa shape index (κ1) is 16.1. The van der Waals surface area contributed by atoms with E-state index < -0.39 is 8.80 Å². The number of hydrogen-bond acceptors (Lipinski definition) is 4. The SMILES string of the molecule is CCC(CC(C)(C)CN)[Si](OC)(OC)OC. The van der Waals surface area contributed by atoms with Crippen molar-refractivity contribution >= 4 is 8.80 Å². The van der Waals surface area contributed by atoms with E-state index in [0.717, 1.165) is 12.8 Å². The van der Waals surface area contributed by atoms with Gasteiger partial charge in [-0.05, 0) is 24.8 Å². The zero-order chi connectivity index (χ0) is 12.8. The van der Waals surface area contributed by atoms with Crippen molar-refractivity contribution in [1.29, 1.82) is 0 Å². The fourth-order valence-electron chi connectivity index (χ4n) is 2.02. The van der Waals surface area contributed by atoms with E-state index >= 15 is 0 Å². The highest BCUT2D eigenvalue weighted by atomic mass is 28.4. The van der Waals surface area contributed by atoms with Crippen LogP contribution < -0.4 is 5.73 Å². The summed E-state index contributed by atoms with van der Waals surface area (Å²) in [4.78, 5) is 0. The van der Waals surface area contributed by atoms with Crippen molar-refractivity contribution in [1.82, 2.24) is 0 Å². The van der Waals surface area contributed by atoms with Crippen molar-refractivity contribution in [2.24, 2.45) is 11.1 Å². The van der Waals surface area contributed by atoms with Gasteiger partial charge in [0, 0.05) is 26.9 Å². The second kappa shape index (κ2) is 6.71. The maximum absolute atomic E-state index is 5.77. The summed E-state index contributed by atoms with van der Waals surface area (Å²) in [5.41, 5.74) is 6.16. The van der Waals surface area contributed by atoms with Gasteiger partial charge in [0.15, 0.2) is 0 Å². The smallest absolute Gasteiger partial charge is 0.377 e. The van der Waals surface area contributed by atoms with Crippen LogP contribution in [-0.4, -0.2) is 36.7 Å². The van der Waals surface area contributed by atoms with Crippen molar-refractivity contribution < 1.29 is 13.3 Å². The van der Waals surface area contributed by atoms with Crippen molar-refractivity contribution in [3.05, 3.63) is 0 Å². The molecule has 0 bridgehead atoms. The zero-order valence-electron chi connectivity index (χ0n) is 11.5. The lowest BCUT2D eigenvalue weighted by Gasteiger charge is -2.36. The highest BCUT2D eigenvalue weighted by Crippen LogP contribution is 2.37. The molecule has 1 atom stereocenters. The summed E-state index contributed by atoms with van der Waals surface area (Å²) >= 11 is 0. The summed E-state index contributed by atoms with van der Waals surface area (Å²) < 4.78 is 16.6. The lowest BCUT2D eigenvalue weighted by atomic mass is 9.87. The Bertz CT molecular complexity index is 187. The molecule has 0 spiro atoms. The Balaban J connectivity index is 4.81. The van der Waals surface area contributed by atoms with E-state index in [4.69, 9.17) is 19.0 Å². The van der Waals surface area contributed by atoms with Crippen LogP contribution in [0.3, 0.4) is 0 Å². The molecule has 0 rings (SSSR count). The van der Waals surface area contributed by atoms with Crippen LogP contribution in [0.4, 0.5) is 0 Å². The van der Waals surface area contributed by atoms with Gasteiger partial charge in [-0.3, -0.25) is 0 Å². The molecule has 0 aliphatic heterocycles. The van der Waals surface area contributed by atoms with E-state index in [2.05, 4.69) is 20.8 Å². The summed E-state index contributed by atoms with van der Waals surface area (Å²) in [5, 5.41) is 0. The molecule has 16 heavy (non-hydrogen) atoms. The second-order valence-corrected chi connectivity index (χ2v) is 8.14. The van der Waals surface area contributed by atoms with Gasteiger partial charge >= 0.3 is 8.80 Å². The number of rotatable bonds is 8. The van der Waals surface area contributed by atoms with E-state index in [9.17, 15) is 0 Å². The molecule has 98 valence electrons. The summed E-state index contributed by atoms with van der Waals surface area (Å²) in [6, 6.07) is 0. The van der Waals surface area contributed by atoms with Crippen LogP contribution in [0.15, 0.2) is 0 Å². The molecule has 0 aliphatic carbocycles. The lowest BCUT2D eigenvalue weighted by molar-refractivity contribution is 0.102. The predicted molar refractivity (Wildman–Crippen MR) is 68.3 cm³/mol. The van der Waals surface area contributed by atoms with Crippen molar-refractivity contribution in [2.45, 2.75) is 39.2 Å². The van der Waals surface area contributed by atoms with Gasteiger partial charge in [0.2, 0.25) is 0 Å². The quantitative estimate of drug-likeness (QED) is 0.669. The minimum Gasteiger partial charge on any atom is -0.377 e. The van der Waals surface area contributed by atoms with Crippen LogP contribution in [0.2, 0.25) is 5.54 Å². The minimum absolute atomic E-state index is 0.0918. The first-order valence-corrected chi connectivity index (χ1v) is 7.57. The van der Waals surface area contributed by atoms with E-state index in [1.165, 1.54) is 0 Å². The van der Waals surface area contributed by atoms with Gasteiger partial charge in [-0.15, -0.1) is 0 Å². The van der Waals surface area contributed by atoms with Gasteiger partial charge in [0.25, 0.3) is 0 Å². The summed E-state index contributed by atoms with van der Waals surface area (Å²) in [7, 11) is 2.46. The summed E-state index contributed by atoms with van der Waals surface area (Å²) in [6.07, 6.45) is 1.94. The molecule has 0 aromatic heterocycles. The Hall–Kier alpha value is 0.0569. The largest absolute Gasteiger partial charge is 0.503 e. The normalized spacial score (nSPS) is 15.2. The van der Waals surface area contributed by atoms with Crippen molar-refractivity contribution in [3.63, 3.8) is 0 Å². The monoisotopic (exact) mass is 249 g/mol. The molecule has 0 heterocycles. The molecule has 5 heteroatoms. The Kier molecular flexibility index (Phi) is 6.73. The Morgan fingerprint density at radius 2 is 1.56 bits per heavy atom. The molecule has 1 unspecified atom stereocenters. The number of nitrogens with two attached hydrogens (primary N) is 1. The minimum atomic E-state index is -2.53. The van der Waals surface area contributed by atoms with Crippen LogP contribution in [0.5, 0.6) is 0 Å². The predicted octanol–water partition coefficient (Wildman–Crippen LogP) is 2.02. The molecule has 0 aliphatic rings. The standard InChI is InChI=1S/C11H27NO3Si/c1-7-10(8-11(2,3)9-12)16(13-4,14-5)15-6/h10H,7-9,12H2,1-6H3. The van der Waals surface area contributed by atoms with Crippen molar-refractivity contribution in [2.75, 3.05) is 27.9 Å². The fraction of sp³-hybridized carbons (Fsp3) is 1.00. The van der Waals surface area contributed by atoms with E-state index in [0.29, 0.717) is 12.1 Å². The highest BCUT2D eigenvalue weighted by molar-refractivity contribution is 6.62. The van der Waals surface area contributed by atoms with Crippen molar-refractivity contribution in [3.8, 4) is 0 Å². The van der Waals surface area contributed by atoms with Gasteiger partial charge < -0.3 is 19.0 Å². The molecule has 0 amide bonds. The topological polar surface area (TPSA) is 53.7 Å². The van der Waals surface area contributed by atoms with Crippen LogP contribution in [0.25, 0.3) is 0 Å². The fourth-order valence-corrected chi connectivity index (χ4v) is 4.82. The third-order valence-electron chi connectivity index (χ3n) is 3.20. The summed E-state index contributed by atoms with van der Waals surface area (Å²) in [6.45, 7) is 7.12. The third kappa shape index (κ3) is 3.82. The number of hydrogen-bond donors (Lipinski definition) is 1. The van der Waals surface area contributed by atoms with Crippen LogP contribution in [-0.2, 0) is 13.3 Å². The van der Waals surface area contributed by atoms with E-state index in [-0.39, 0.29) is 5.41 Å². The first-order valence-electron chi connectivity index (χ1n) is 5.76. The molecule has 0 aromatic carbocycles. The molecular weight excluding hydrogens is 222 g/mol. The van der Waals surface area contributed by atoms with Gasteiger partial charge in [0.05, 0.1) is 0 Å². The maximum Gasteiger partial charge on any atom is 0.503 e. The molecule has 2 N–H and O–H groups in total. The Morgan fingerprint density at radius 3 is 1.81 bits per heavy atom. The average Bonchev–Trinajstić information content (AvgIpc) is 2.30. The molecule has 4 nitrogen and oxygen atoms in total. The van der Waals surface area contributed by atoms with E-state index in [1.807, 2.05) is 0 Å². The summed E-state index contributed by atoms with van der Waals surface area (Å²) in [5.74, 6) is 0. The maximum atomic E-state index is 5.77. The van der Waals surface area contributed by atoms with Crippen LogP contribution in [0, 0.1) is 5.41 Å². The Labute approximate surface area is 101 Å². The van der Waals surface area contributed by atoms with Gasteiger partial charge in [0.1, 0.15) is 0 Å². The average molecular weight is 249 g/mol. The molecular formula is C11H27NO3Si. The third-order valence-corrected chi connectivity index (χ3v) is 6.52. The first-order chi connectivity index (χ1) is 7.41. The molecule has 0 saturated carbocycles. The van der Waals surface area contributed by atoms with Crippen LogP contribution in [0.1, 0.15) is 33.6 Å². The van der Waals surface area contributed by atoms with E-state index in [1.54, 1.807) is 21.3 Å². The molecule has 0 fully saturated rings. The van der Waals surface area contributed by atoms with Crippen LogP contribution >= 0.6 is 0 Å². The molecule has 0 radical (unpaired) electrons. The van der Waals surface area contributed by atoms with Gasteiger partial charge in [-0.1, -0.05) is 20.8 Å².